The molecule has 258 valence electrons. The summed E-state index contributed by atoms with van der Waals surface area (Å²) in [7, 11) is 0. The lowest BCUT2D eigenvalue weighted by Gasteiger charge is -2.34. The molecule has 0 fully saturated rings. The van der Waals surface area contributed by atoms with Gasteiger partial charge in [0.2, 0.25) is 0 Å². The van der Waals surface area contributed by atoms with Crippen LogP contribution in [0.4, 0.5) is 0 Å². The Morgan fingerprint density at radius 1 is 0.255 bits per heavy atom. The largest absolute Gasteiger partial charge is 0.208 e. The highest BCUT2D eigenvalue weighted by atomic mass is 15.0. The Bertz CT molecular complexity index is 2700. The molecule has 1 aromatic heterocycles. The van der Waals surface area contributed by atoms with Gasteiger partial charge < -0.3 is 0 Å². The van der Waals surface area contributed by atoms with Crippen LogP contribution >= 0.6 is 0 Å². The molecule has 0 saturated carbocycles. The normalized spacial score (nSPS) is 12.5. The van der Waals surface area contributed by atoms with Gasteiger partial charge in [0, 0.05) is 16.7 Å². The summed E-state index contributed by atoms with van der Waals surface area (Å²) >= 11 is 0. The molecule has 0 unspecified atom stereocenters. The van der Waals surface area contributed by atoms with E-state index in [-0.39, 0.29) is 0 Å². The first kappa shape index (κ1) is 32.4. The molecule has 55 heavy (non-hydrogen) atoms. The van der Waals surface area contributed by atoms with Crippen molar-refractivity contribution in [3.63, 3.8) is 0 Å². The van der Waals surface area contributed by atoms with E-state index in [1.165, 1.54) is 38.9 Å². The third kappa shape index (κ3) is 5.57. The Morgan fingerprint density at radius 2 is 0.691 bits per heavy atom. The lowest BCUT2D eigenvalue weighted by Crippen LogP contribution is -2.28. The van der Waals surface area contributed by atoms with Crippen LogP contribution in [0.25, 0.3) is 67.5 Å². The van der Waals surface area contributed by atoms with Gasteiger partial charge in [-0.1, -0.05) is 200 Å². The molecule has 8 aromatic carbocycles. The summed E-state index contributed by atoms with van der Waals surface area (Å²) in [5.41, 5.74) is 14.5. The summed E-state index contributed by atoms with van der Waals surface area (Å²) in [6, 6.07) is 75.4. The number of hydrogen-bond donors (Lipinski definition) is 0. The molecule has 0 radical (unpaired) electrons. The van der Waals surface area contributed by atoms with Gasteiger partial charge in [-0.15, -0.1) is 0 Å². The summed E-state index contributed by atoms with van der Waals surface area (Å²) in [6.45, 7) is 0. The highest BCUT2D eigenvalue weighted by Gasteiger charge is 2.46. The maximum Gasteiger partial charge on any atom is 0.164 e. The summed E-state index contributed by atoms with van der Waals surface area (Å²) in [5, 5.41) is 0. The predicted octanol–water partition coefficient (Wildman–Crippen LogP) is 12.6. The first-order valence-electron chi connectivity index (χ1n) is 18.7. The number of fused-ring (bicyclic) bond motifs is 3. The second kappa shape index (κ2) is 13.6. The van der Waals surface area contributed by atoms with Crippen molar-refractivity contribution in [3.8, 4) is 67.5 Å². The third-order valence-corrected chi connectivity index (χ3v) is 10.8. The molecule has 1 aliphatic carbocycles. The fraction of sp³-hybridized carbons (Fsp3) is 0.0192. The van der Waals surface area contributed by atoms with E-state index in [4.69, 9.17) is 15.0 Å². The Hall–Kier alpha value is -7.23. The molecule has 10 rings (SSSR count). The quantitative estimate of drug-likeness (QED) is 0.166. The van der Waals surface area contributed by atoms with Crippen LogP contribution in [0.1, 0.15) is 22.3 Å². The van der Waals surface area contributed by atoms with Gasteiger partial charge in [-0.05, 0) is 67.8 Å². The van der Waals surface area contributed by atoms with E-state index in [1.54, 1.807) is 0 Å². The number of nitrogens with zero attached hydrogens (tertiary/aromatic N) is 3. The SMILES string of the molecule is c1ccc(-c2nc(-c3ccccc3)nc(-c3ccccc3-c3cccc(-c4ccc5c(c4)C(c4ccccc4)(c4ccccc4)c4ccccc4-5)c3)n2)cc1. The van der Waals surface area contributed by atoms with Gasteiger partial charge in [0.1, 0.15) is 0 Å². The third-order valence-electron chi connectivity index (χ3n) is 10.8. The predicted molar refractivity (Wildman–Crippen MR) is 224 cm³/mol. The van der Waals surface area contributed by atoms with Crippen LogP contribution in [0.15, 0.2) is 212 Å². The first-order valence-corrected chi connectivity index (χ1v) is 18.7. The molecule has 3 heteroatoms. The number of hydrogen-bond acceptors (Lipinski definition) is 3. The van der Waals surface area contributed by atoms with Crippen molar-refractivity contribution in [2.45, 2.75) is 5.41 Å². The van der Waals surface area contributed by atoms with Gasteiger partial charge in [0.25, 0.3) is 0 Å². The van der Waals surface area contributed by atoms with Gasteiger partial charge in [-0.3, -0.25) is 0 Å². The molecule has 0 N–H and O–H groups in total. The summed E-state index contributed by atoms with van der Waals surface area (Å²) in [5.74, 6) is 1.93. The van der Waals surface area contributed by atoms with Gasteiger partial charge in [-0.2, -0.15) is 0 Å². The van der Waals surface area contributed by atoms with E-state index in [2.05, 4.69) is 152 Å². The van der Waals surface area contributed by atoms with Gasteiger partial charge in [0.05, 0.1) is 5.41 Å². The molecule has 0 amide bonds. The Kier molecular flexibility index (Phi) is 8.04. The highest BCUT2D eigenvalue weighted by Crippen LogP contribution is 2.56. The molecule has 0 spiro atoms. The zero-order chi connectivity index (χ0) is 36.6. The molecule has 0 saturated heterocycles. The van der Waals surface area contributed by atoms with Crippen molar-refractivity contribution in [1.29, 1.82) is 0 Å². The average molecular weight is 702 g/mol. The van der Waals surface area contributed by atoms with Crippen molar-refractivity contribution in [2.75, 3.05) is 0 Å². The monoisotopic (exact) mass is 701 g/mol. The molecular weight excluding hydrogens is 667 g/mol. The van der Waals surface area contributed by atoms with Gasteiger partial charge >= 0.3 is 0 Å². The van der Waals surface area contributed by atoms with E-state index in [0.29, 0.717) is 17.5 Å². The van der Waals surface area contributed by atoms with E-state index >= 15 is 0 Å². The van der Waals surface area contributed by atoms with Crippen molar-refractivity contribution < 1.29 is 0 Å². The maximum atomic E-state index is 5.08. The van der Waals surface area contributed by atoms with Crippen molar-refractivity contribution in [2.24, 2.45) is 0 Å². The minimum Gasteiger partial charge on any atom is -0.208 e. The molecule has 0 atom stereocenters. The van der Waals surface area contributed by atoms with Crippen molar-refractivity contribution in [1.82, 2.24) is 15.0 Å². The van der Waals surface area contributed by atoms with Crippen LogP contribution < -0.4 is 0 Å². The smallest absolute Gasteiger partial charge is 0.164 e. The van der Waals surface area contributed by atoms with E-state index in [0.717, 1.165) is 33.4 Å². The summed E-state index contributed by atoms with van der Waals surface area (Å²) < 4.78 is 0. The summed E-state index contributed by atoms with van der Waals surface area (Å²) in [6.07, 6.45) is 0. The maximum absolute atomic E-state index is 5.08. The van der Waals surface area contributed by atoms with Gasteiger partial charge in [0.15, 0.2) is 17.5 Å². The highest BCUT2D eigenvalue weighted by molar-refractivity contribution is 5.89. The van der Waals surface area contributed by atoms with Crippen LogP contribution in [0, 0.1) is 0 Å². The standard InChI is InChI=1S/C52H35N3/c1-5-18-36(19-6-1)49-53-50(37-20-7-2-8-21-37)55-51(54-49)46-30-14-13-28-43(46)40-23-17-22-38(34-40)39-32-33-45-44-29-15-16-31-47(44)52(48(45)35-39,41-24-9-3-10-25-41)42-26-11-4-12-27-42/h1-35H. The molecule has 0 aliphatic heterocycles. The Labute approximate surface area is 321 Å². The molecule has 0 bridgehead atoms. The van der Waals surface area contributed by atoms with E-state index in [9.17, 15) is 0 Å². The van der Waals surface area contributed by atoms with Crippen LogP contribution in [-0.2, 0) is 5.41 Å². The molecule has 3 nitrogen and oxygen atoms in total. The van der Waals surface area contributed by atoms with Crippen molar-refractivity contribution in [3.05, 3.63) is 235 Å². The van der Waals surface area contributed by atoms with Crippen LogP contribution in [0.5, 0.6) is 0 Å². The zero-order valence-electron chi connectivity index (χ0n) is 30.0. The Balaban J connectivity index is 1.12. The fourth-order valence-electron chi connectivity index (χ4n) is 8.35. The minimum absolute atomic E-state index is 0.458. The summed E-state index contributed by atoms with van der Waals surface area (Å²) in [4.78, 5) is 15.1. The van der Waals surface area contributed by atoms with Gasteiger partial charge in [-0.25, -0.2) is 15.0 Å². The van der Waals surface area contributed by atoms with E-state index in [1.807, 2.05) is 60.7 Å². The second-order valence-electron chi connectivity index (χ2n) is 14.0. The lowest BCUT2D eigenvalue weighted by molar-refractivity contribution is 0.769. The van der Waals surface area contributed by atoms with Crippen LogP contribution in [0.2, 0.25) is 0 Å². The number of rotatable bonds is 7. The van der Waals surface area contributed by atoms with Crippen LogP contribution in [-0.4, -0.2) is 15.0 Å². The number of benzene rings is 8. The molecular formula is C52H35N3. The minimum atomic E-state index is -0.458. The first-order chi connectivity index (χ1) is 27.3. The topological polar surface area (TPSA) is 38.7 Å². The molecule has 9 aromatic rings. The van der Waals surface area contributed by atoms with E-state index < -0.39 is 5.41 Å². The Morgan fingerprint density at radius 3 is 1.31 bits per heavy atom. The zero-order valence-corrected chi connectivity index (χ0v) is 30.0. The van der Waals surface area contributed by atoms with Crippen LogP contribution in [0.3, 0.4) is 0 Å². The molecule has 1 heterocycles. The average Bonchev–Trinajstić information content (AvgIpc) is 3.58. The second-order valence-corrected chi connectivity index (χ2v) is 14.0. The molecule has 1 aliphatic rings. The fourth-order valence-corrected chi connectivity index (χ4v) is 8.35. The van der Waals surface area contributed by atoms with Crippen molar-refractivity contribution >= 4 is 0 Å². The lowest BCUT2D eigenvalue weighted by atomic mass is 9.67. The number of aromatic nitrogens is 3.